The Kier molecular flexibility index (Phi) is 2.19. The van der Waals surface area contributed by atoms with Gasteiger partial charge in [0.05, 0.1) is 6.61 Å². The van der Waals surface area contributed by atoms with Gasteiger partial charge in [0.1, 0.15) is 11.6 Å². The first-order chi connectivity index (χ1) is 6.63. The van der Waals surface area contributed by atoms with E-state index >= 15 is 0 Å². The van der Waals surface area contributed by atoms with E-state index in [1.165, 1.54) is 12.1 Å². The van der Waals surface area contributed by atoms with Crippen LogP contribution in [0, 0.1) is 11.2 Å². The highest BCUT2D eigenvalue weighted by molar-refractivity contribution is 5.36. The van der Waals surface area contributed by atoms with Crippen LogP contribution >= 0.6 is 0 Å². The molecule has 0 aliphatic carbocycles. The summed E-state index contributed by atoms with van der Waals surface area (Å²) in [5.74, 6) is 0.575. The topological polar surface area (TPSA) is 35.2 Å². The highest BCUT2D eigenvalue weighted by Gasteiger charge is 2.30. The van der Waals surface area contributed by atoms with Crippen molar-refractivity contribution in [1.82, 2.24) is 0 Å². The van der Waals surface area contributed by atoms with E-state index in [9.17, 15) is 4.39 Å². The molecule has 1 unspecified atom stereocenters. The van der Waals surface area contributed by atoms with Crippen molar-refractivity contribution >= 4 is 0 Å². The van der Waals surface area contributed by atoms with E-state index in [0.29, 0.717) is 13.2 Å². The van der Waals surface area contributed by atoms with Crippen LogP contribution in [-0.2, 0) is 6.42 Å². The van der Waals surface area contributed by atoms with E-state index in [1.54, 1.807) is 6.07 Å². The number of halogens is 1. The molecule has 3 heteroatoms. The first-order valence-electron chi connectivity index (χ1n) is 4.74. The Balaban J connectivity index is 2.33. The molecule has 2 nitrogen and oxygen atoms in total. The molecule has 0 fully saturated rings. The zero-order chi connectivity index (χ0) is 10.2. The van der Waals surface area contributed by atoms with Crippen molar-refractivity contribution in [2.24, 2.45) is 11.1 Å². The SMILES string of the molecule is CC1(CN)COc2ccc(F)cc2C1. The maximum atomic E-state index is 13.0. The third-order valence-electron chi connectivity index (χ3n) is 2.71. The summed E-state index contributed by atoms with van der Waals surface area (Å²) in [6.45, 7) is 3.23. The van der Waals surface area contributed by atoms with Crippen LogP contribution in [0.5, 0.6) is 5.75 Å². The summed E-state index contributed by atoms with van der Waals surface area (Å²) in [5, 5.41) is 0. The molecule has 14 heavy (non-hydrogen) atoms. The van der Waals surface area contributed by atoms with Gasteiger partial charge in [0.25, 0.3) is 0 Å². The number of hydrogen-bond donors (Lipinski definition) is 1. The molecule has 0 spiro atoms. The fraction of sp³-hybridized carbons (Fsp3) is 0.455. The molecule has 2 rings (SSSR count). The molecule has 0 bridgehead atoms. The average molecular weight is 195 g/mol. The third-order valence-corrected chi connectivity index (χ3v) is 2.71. The predicted octanol–water partition coefficient (Wildman–Crippen LogP) is 1.73. The lowest BCUT2D eigenvalue weighted by Crippen LogP contribution is -2.38. The number of hydrogen-bond acceptors (Lipinski definition) is 2. The van der Waals surface area contributed by atoms with Crippen LogP contribution in [-0.4, -0.2) is 13.2 Å². The van der Waals surface area contributed by atoms with Gasteiger partial charge in [0.15, 0.2) is 0 Å². The van der Waals surface area contributed by atoms with Gasteiger partial charge in [-0.15, -0.1) is 0 Å². The lowest BCUT2D eigenvalue weighted by Gasteiger charge is -2.33. The Bertz CT molecular complexity index is 353. The Labute approximate surface area is 82.9 Å². The smallest absolute Gasteiger partial charge is 0.123 e. The van der Waals surface area contributed by atoms with E-state index in [-0.39, 0.29) is 11.2 Å². The van der Waals surface area contributed by atoms with E-state index in [1.807, 2.05) is 0 Å². The van der Waals surface area contributed by atoms with Gasteiger partial charge >= 0.3 is 0 Å². The second-order valence-electron chi connectivity index (χ2n) is 4.23. The zero-order valence-corrected chi connectivity index (χ0v) is 8.22. The molecule has 1 heterocycles. The second-order valence-corrected chi connectivity index (χ2v) is 4.23. The maximum Gasteiger partial charge on any atom is 0.123 e. The van der Waals surface area contributed by atoms with E-state index in [0.717, 1.165) is 17.7 Å². The number of ether oxygens (including phenoxy) is 1. The summed E-state index contributed by atoms with van der Waals surface area (Å²) in [5.41, 5.74) is 6.52. The molecule has 1 aliphatic heterocycles. The standard InChI is InChI=1S/C11H14FNO/c1-11(6-13)5-8-4-9(12)2-3-10(8)14-7-11/h2-4H,5-7,13H2,1H3. The monoisotopic (exact) mass is 195 g/mol. The van der Waals surface area contributed by atoms with Gasteiger partial charge in [0.2, 0.25) is 0 Å². The molecule has 1 aromatic carbocycles. The third kappa shape index (κ3) is 1.60. The van der Waals surface area contributed by atoms with Crippen molar-refractivity contribution in [3.8, 4) is 5.75 Å². The summed E-state index contributed by atoms with van der Waals surface area (Å²) >= 11 is 0. The maximum absolute atomic E-state index is 13.0. The van der Waals surface area contributed by atoms with Gasteiger partial charge < -0.3 is 10.5 Å². The molecule has 0 saturated carbocycles. The summed E-state index contributed by atoms with van der Waals surface area (Å²) in [6, 6.07) is 4.63. The quantitative estimate of drug-likeness (QED) is 0.740. The van der Waals surface area contributed by atoms with E-state index in [4.69, 9.17) is 10.5 Å². The molecule has 0 radical (unpaired) electrons. The molecule has 0 saturated heterocycles. The minimum atomic E-state index is -0.214. The number of fused-ring (bicyclic) bond motifs is 1. The van der Waals surface area contributed by atoms with Gasteiger partial charge in [-0.1, -0.05) is 6.92 Å². The highest BCUT2D eigenvalue weighted by atomic mass is 19.1. The Morgan fingerprint density at radius 3 is 3.07 bits per heavy atom. The van der Waals surface area contributed by atoms with Crippen LogP contribution in [0.25, 0.3) is 0 Å². The second kappa shape index (κ2) is 3.24. The molecule has 1 aliphatic rings. The average Bonchev–Trinajstić information content (AvgIpc) is 2.17. The van der Waals surface area contributed by atoms with Gasteiger partial charge in [-0.25, -0.2) is 4.39 Å². The largest absolute Gasteiger partial charge is 0.493 e. The van der Waals surface area contributed by atoms with E-state index < -0.39 is 0 Å². The molecule has 1 aromatic rings. The molecule has 76 valence electrons. The Hall–Kier alpha value is -1.09. The minimum Gasteiger partial charge on any atom is -0.493 e. The van der Waals surface area contributed by atoms with E-state index in [2.05, 4.69) is 6.92 Å². The van der Waals surface area contributed by atoms with Gasteiger partial charge in [0, 0.05) is 12.0 Å². The molecule has 1 atom stereocenters. The molecule has 0 amide bonds. The van der Waals surface area contributed by atoms with Crippen molar-refractivity contribution in [2.45, 2.75) is 13.3 Å². The Morgan fingerprint density at radius 2 is 2.36 bits per heavy atom. The number of rotatable bonds is 1. The van der Waals surface area contributed by atoms with Crippen LogP contribution < -0.4 is 10.5 Å². The normalized spacial score (nSPS) is 25.4. The summed E-state index contributed by atoms with van der Waals surface area (Å²) < 4.78 is 18.5. The number of nitrogens with two attached hydrogens (primary N) is 1. The Morgan fingerprint density at radius 1 is 1.57 bits per heavy atom. The van der Waals surface area contributed by atoms with Crippen molar-refractivity contribution in [1.29, 1.82) is 0 Å². The van der Waals surface area contributed by atoms with Crippen LogP contribution in [0.3, 0.4) is 0 Å². The highest BCUT2D eigenvalue weighted by Crippen LogP contribution is 2.33. The first kappa shape index (κ1) is 9.46. The fourth-order valence-electron chi connectivity index (χ4n) is 1.72. The van der Waals surface area contributed by atoms with Crippen molar-refractivity contribution in [3.05, 3.63) is 29.6 Å². The van der Waals surface area contributed by atoms with Crippen LogP contribution in [0.4, 0.5) is 4.39 Å². The molecule has 2 N–H and O–H groups in total. The first-order valence-corrected chi connectivity index (χ1v) is 4.74. The van der Waals surface area contributed by atoms with Crippen LogP contribution in [0.1, 0.15) is 12.5 Å². The van der Waals surface area contributed by atoms with Gasteiger partial charge in [-0.3, -0.25) is 0 Å². The summed E-state index contributed by atoms with van der Waals surface area (Å²) in [7, 11) is 0. The number of benzene rings is 1. The van der Waals surface area contributed by atoms with Crippen LogP contribution in [0.2, 0.25) is 0 Å². The van der Waals surface area contributed by atoms with Gasteiger partial charge in [-0.2, -0.15) is 0 Å². The molecule has 0 aromatic heterocycles. The minimum absolute atomic E-state index is 0.0548. The predicted molar refractivity (Wildman–Crippen MR) is 52.8 cm³/mol. The van der Waals surface area contributed by atoms with Crippen molar-refractivity contribution < 1.29 is 9.13 Å². The zero-order valence-electron chi connectivity index (χ0n) is 8.22. The van der Waals surface area contributed by atoms with Crippen LogP contribution in [0.15, 0.2) is 18.2 Å². The lowest BCUT2D eigenvalue weighted by molar-refractivity contribution is 0.144. The summed E-state index contributed by atoms with van der Waals surface area (Å²) in [4.78, 5) is 0. The molecular weight excluding hydrogens is 181 g/mol. The van der Waals surface area contributed by atoms with Crippen molar-refractivity contribution in [3.63, 3.8) is 0 Å². The summed E-state index contributed by atoms with van der Waals surface area (Å²) in [6.07, 6.45) is 0.788. The fourth-order valence-corrected chi connectivity index (χ4v) is 1.72. The molecular formula is C11H14FNO. The van der Waals surface area contributed by atoms with Crippen molar-refractivity contribution in [2.75, 3.05) is 13.2 Å². The van der Waals surface area contributed by atoms with Gasteiger partial charge in [-0.05, 0) is 30.2 Å². The lowest BCUT2D eigenvalue weighted by atomic mass is 9.82.